The van der Waals surface area contributed by atoms with Crippen LogP contribution in [-0.4, -0.2) is 17.0 Å². The minimum absolute atomic E-state index is 0.100. The first kappa shape index (κ1) is 11.7. The van der Waals surface area contributed by atoms with Crippen LogP contribution in [0.4, 0.5) is 0 Å². The minimum Gasteiger partial charge on any atom is -0.392 e. The van der Waals surface area contributed by atoms with E-state index in [0.717, 1.165) is 12.8 Å². The van der Waals surface area contributed by atoms with Gasteiger partial charge in [0, 0.05) is 6.42 Å². The summed E-state index contributed by atoms with van der Waals surface area (Å²) in [6.07, 6.45) is 3.36. The van der Waals surface area contributed by atoms with Gasteiger partial charge in [0.25, 0.3) is 0 Å². The normalized spacial score (nSPS) is 35.3. The number of rotatable bonds is 3. The van der Waals surface area contributed by atoms with E-state index >= 15 is 0 Å². The molecule has 4 atom stereocenters. The number of carbonyl (C=O) groups is 1. The van der Waals surface area contributed by atoms with E-state index in [4.69, 9.17) is 0 Å². The van der Waals surface area contributed by atoms with E-state index < -0.39 is 6.10 Å². The van der Waals surface area contributed by atoms with Crippen molar-refractivity contribution in [2.75, 3.05) is 0 Å². The molecular weight excluding hydrogens is 176 g/mol. The van der Waals surface area contributed by atoms with Crippen molar-refractivity contribution >= 4 is 5.78 Å². The second-order valence-corrected chi connectivity index (χ2v) is 5.15. The highest BCUT2D eigenvalue weighted by atomic mass is 16.3. The third kappa shape index (κ3) is 3.41. The molecule has 0 spiro atoms. The summed E-state index contributed by atoms with van der Waals surface area (Å²) < 4.78 is 0. The van der Waals surface area contributed by atoms with Crippen LogP contribution >= 0.6 is 0 Å². The van der Waals surface area contributed by atoms with Crippen LogP contribution in [0.5, 0.6) is 0 Å². The molecule has 1 fully saturated rings. The van der Waals surface area contributed by atoms with Crippen LogP contribution in [0.2, 0.25) is 0 Å². The fraction of sp³-hybridized carbons (Fsp3) is 0.917. The fourth-order valence-corrected chi connectivity index (χ4v) is 2.78. The molecule has 0 heterocycles. The molecule has 0 aliphatic heterocycles. The number of ketones is 1. The third-order valence-electron chi connectivity index (χ3n) is 3.26. The Bertz CT molecular complexity index is 190. The zero-order chi connectivity index (χ0) is 10.7. The van der Waals surface area contributed by atoms with Gasteiger partial charge >= 0.3 is 0 Å². The predicted molar refractivity (Wildman–Crippen MR) is 57.0 cm³/mol. The van der Waals surface area contributed by atoms with Gasteiger partial charge in [0.15, 0.2) is 0 Å². The molecular formula is C12H22O2. The first-order valence-electron chi connectivity index (χ1n) is 5.66. The molecule has 2 heteroatoms. The van der Waals surface area contributed by atoms with Crippen LogP contribution in [0.3, 0.4) is 0 Å². The summed E-state index contributed by atoms with van der Waals surface area (Å²) >= 11 is 0. The van der Waals surface area contributed by atoms with Crippen molar-refractivity contribution in [2.45, 2.75) is 52.6 Å². The summed E-state index contributed by atoms with van der Waals surface area (Å²) in [7, 11) is 0. The summed E-state index contributed by atoms with van der Waals surface area (Å²) in [6, 6.07) is 0. The molecule has 82 valence electrons. The lowest BCUT2D eigenvalue weighted by Crippen LogP contribution is -2.30. The number of aliphatic hydroxyl groups is 1. The molecule has 1 aliphatic carbocycles. The molecule has 0 aromatic carbocycles. The van der Waals surface area contributed by atoms with Gasteiger partial charge in [-0.1, -0.05) is 13.8 Å². The summed E-state index contributed by atoms with van der Waals surface area (Å²) in [5, 5.41) is 9.86. The average molecular weight is 198 g/mol. The highest BCUT2D eigenvalue weighted by molar-refractivity contribution is 5.75. The van der Waals surface area contributed by atoms with E-state index in [1.165, 1.54) is 6.42 Å². The van der Waals surface area contributed by atoms with Gasteiger partial charge in [0.05, 0.1) is 6.10 Å². The molecule has 0 radical (unpaired) electrons. The predicted octanol–water partition coefficient (Wildman–Crippen LogP) is 2.40. The number of carbonyl (C=O) groups excluding carboxylic acids is 1. The Labute approximate surface area is 86.7 Å². The Hall–Kier alpha value is -0.370. The van der Waals surface area contributed by atoms with Gasteiger partial charge in [-0.25, -0.2) is 0 Å². The first-order valence-corrected chi connectivity index (χ1v) is 5.66. The van der Waals surface area contributed by atoms with Crippen LogP contribution in [0.25, 0.3) is 0 Å². The molecule has 1 rings (SSSR count). The molecule has 1 N–H and O–H groups in total. The Balaban J connectivity index is 2.46. The summed E-state index contributed by atoms with van der Waals surface area (Å²) in [6.45, 7) is 6.03. The summed E-state index contributed by atoms with van der Waals surface area (Å²) in [5.41, 5.74) is 0. The van der Waals surface area contributed by atoms with E-state index in [-0.39, 0.29) is 5.78 Å². The van der Waals surface area contributed by atoms with E-state index in [9.17, 15) is 9.90 Å². The van der Waals surface area contributed by atoms with Gasteiger partial charge in [0.1, 0.15) is 5.78 Å². The molecule has 0 bridgehead atoms. The fourth-order valence-electron chi connectivity index (χ4n) is 2.78. The SMILES string of the molecule is CC(=O)CC(O)C1C[C@@H](C)C[C@@H](C)C1. The van der Waals surface area contributed by atoms with Gasteiger partial charge in [-0.2, -0.15) is 0 Å². The second kappa shape index (κ2) is 4.92. The van der Waals surface area contributed by atoms with E-state index in [2.05, 4.69) is 13.8 Å². The van der Waals surface area contributed by atoms with Crippen molar-refractivity contribution in [2.24, 2.45) is 17.8 Å². The van der Waals surface area contributed by atoms with E-state index in [1.54, 1.807) is 6.92 Å². The maximum Gasteiger partial charge on any atom is 0.132 e. The third-order valence-corrected chi connectivity index (χ3v) is 3.26. The highest BCUT2D eigenvalue weighted by Gasteiger charge is 2.29. The number of hydrogen-bond acceptors (Lipinski definition) is 2. The first-order chi connectivity index (χ1) is 6.49. The van der Waals surface area contributed by atoms with Crippen LogP contribution in [0.15, 0.2) is 0 Å². The Morgan fingerprint density at radius 1 is 1.29 bits per heavy atom. The van der Waals surface area contributed by atoms with Crippen molar-refractivity contribution in [1.29, 1.82) is 0 Å². The second-order valence-electron chi connectivity index (χ2n) is 5.15. The maximum atomic E-state index is 10.9. The van der Waals surface area contributed by atoms with Crippen molar-refractivity contribution in [3.63, 3.8) is 0 Å². The van der Waals surface area contributed by atoms with Gasteiger partial charge in [-0.3, -0.25) is 4.79 Å². The molecule has 14 heavy (non-hydrogen) atoms. The van der Waals surface area contributed by atoms with Crippen LogP contribution in [0.1, 0.15) is 46.5 Å². The number of Topliss-reactive ketones (excluding diaryl/α,β-unsaturated/α-hetero) is 1. The Morgan fingerprint density at radius 2 is 1.79 bits per heavy atom. The Morgan fingerprint density at radius 3 is 2.21 bits per heavy atom. The quantitative estimate of drug-likeness (QED) is 0.756. The monoisotopic (exact) mass is 198 g/mol. The van der Waals surface area contributed by atoms with Crippen LogP contribution in [0, 0.1) is 17.8 Å². The van der Waals surface area contributed by atoms with Gasteiger partial charge < -0.3 is 5.11 Å². The zero-order valence-electron chi connectivity index (χ0n) is 9.49. The van der Waals surface area contributed by atoms with Crippen molar-refractivity contribution < 1.29 is 9.90 Å². The maximum absolute atomic E-state index is 10.9. The van der Waals surface area contributed by atoms with Crippen molar-refractivity contribution in [1.82, 2.24) is 0 Å². The molecule has 2 nitrogen and oxygen atoms in total. The number of aliphatic hydroxyl groups excluding tert-OH is 1. The lowest BCUT2D eigenvalue weighted by Gasteiger charge is -2.34. The lowest BCUT2D eigenvalue weighted by atomic mass is 9.74. The van der Waals surface area contributed by atoms with Crippen molar-refractivity contribution in [3.8, 4) is 0 Å². The molecule has 1 saturated carbocycles. The zero-order valence-corrected chi connectivity index (χ0v) is 9.49. The lowest BCUT2D eigenvalue weighted by molar-refractivity contribution is -0.120. The van der Waals surface area contributed by atoms with Crippen LogP contribution in [-0.2, 0) is 4.79 Å². The van der Waals surface area contributed by atoms with Gasteiger partial charge in [-0.05, 0) is 43.9 Å². The minimum atomic E-state index is -0.405. The molecule has 0 saturated heterocycles. The van der Waals surface area contributed by atoms with E-state index in [0.29, 0.717) is 24.2 Å². The molecule has 0 aromatic heterocycles. The Kier molecular flexibility index (Phi) is 4.11. The topological polar surface area (TPSA) is 37.3 Å². The largest absolute Gasteiger partial charge is 0.392 e. The molecule has 0 aromatic rings. The van der Waals surface area contributed by atoms with Crippen LogP contribution < -0.4 is 0 Å². The van der Waals surface area contributed by atoms with E-state index in [1.807, 2.05) is 0 Å². The standard InChI is InChI=1S/C12H22O2/c1-8-4-9(2)6-11(5-8)12(14)7-10(3)13/h8-9,11-12,14H,4-7H2,1-3H3/t8-,9+,11?,12?. The highest BCUT2D eigenvalue weighted by Crippen LogP contribution is 2.35. The van der Waals surface area contributed by atoms with Gasteiger partial charge in [0.2, 0.25) is 0 Å². The summed E-state index contributed by atoms with van der Waals surface area (Å²) in [4.78, 5) is 10.9. The smallest absolute Gasteiger partial charge is 0.132 e. The van der Waals surface area contributed by atoms with Gasteiger partial charge in [-0.15, -0.1) is 0 Å². The average Bonchev–Trinajstić information content (AvgIpc) is 2.00. The molecule has 0 amide bonds. The summed E-state index contributed by atoms with van der Waals surface area (Å²) in [5.74, 6) is 1.84. The molecule has 1 aliphatic rings. The van der Waals surface area contributed by atoms with Crippen molar-refractivity contribution in [3.05, 3.63) is 0 Å². The number of hydrogen-bond donors (Lipinski definition) is 1. The molecule has 2 unspecified atom stereocenters.